The molecule has 0 heterocycles. The maximum absolute atomic E-state index is 12.0. The molecule has 0 atom stereocenters. The first-order chi connectivity index (χ1) is 9.97. The zero-order valence-electron chi connectivity index (χ0n) is 12.7. The summed E-state index contributed by atoms with van der Waals surface area (Å²) < 4.78 is 11.8. The van der Waals surface area contributed by atoms with Crippen molar-refractivity contribution < 1.29 is 19.4 Å². The van der Waals surface area contributed by atoms with Gasteiger partial charge in [0, 0.05) is 15.6 Å². The molecule has 0 spiro atoms. The molecule has 0 saturated heterocycles. The van der Waals surface area contributed by atoms with E-state index in [1.807, 2.05) is 13.0 Å². The van der Waals surface area contributed by atoms with E-state index >= 15 is 0 Å². The van der Waals surface area contributed by atoms with Crippen LogP contribution in [0.4, 0.5) is 0 Å². The van der Waals surface area contributed by atoms with Crippen molar-refractivity contribution in [3.05, 3.63) is 21.7 Å². The van der Waals surface area contributed by atoms with Crippen LogP contribution < -0.4 is 9.47 Å². The summed E-state index contributed by atoms with van der Waals surface area (Å²) in [7, 11) is 3.14. The molecule has 1 fully saturated rings. The first-order valence-corrected chi connectivity index (χ1v) is 7.92. The Kier molecular flexibility index (Phi) is 4.81. The van der Waals surface area contributed by atoms with E-state index in [4.69, 9.17) is 9.47 Å². The van der Waals surface area contributed by atoms with Crippen molar-refractivity contribution >= 4 is 21.9 Å². The molecule has 0 bridgehead atoms. The van der Waals surface area contributed by atoms with Gasteiger partial charge >= 0.3 is 5.97 Å². The molecule has 2 rings (SSSR count). The van der Waals surface area contributed by atoms with Crippen LogP contribution in [-0.2, 0) is 10.2 Å². The Balaban J connectivity index is 2.71. The summed E-state index contributed by atoms with van der Waals surface area (Å²) in [6, 6.07) is 1.89. The summed E-state index contributed by atoms with van der Waals surface area (Å²) in [5, 5.41) is 9.87. The maximum atomic E-state index is 12.0. The van der Waals surface area contributed by atoms with Crippen LogP contribution in [0.5, 0.6) is 11.5 Å². The highest BCUT2D eigenvalue weighted by Gasteiger charge is 2.44. The van der Waals surface area contributed by atoms with Crippen molar-refractivity contribution in [2.75, 3.05) is 14.2 Å². The third kappa shape index (κ3) is 2.63. The van der Waals surface area contributed by atoms with Crippen LogP contribution in [0.15, 0.2) is 10.5 Å². The normalized spacial score (nSPS) is 17.3. The van der Waals surface area contributed by atoms with Crippen molar-refractivity contribution in [2.24, 2.45) is 0 Å². The van der Waals surface area contributed by atoms with Crippen molar-refractivity contribution in [3.63, 3.8) is 0 Å². The highest BCUT2D eigenvalue weighted by Crippen LogP contribution is 2.49. The second-order valence-corrected chi connectivity index (χ2v) is 6.40. The summed E-state index contributed by atoms with van der Waals surface area (Å²) in [5.74, 6) is 0.369. The number of aliphatic carboxylic acids is 1. The lowest BCUT2D eigenvalue weighted by Crippen LogP contribution is -2.38. The molecular weight excluding hydrogens is 336 g/mol. The van der Waals surface area contributed by atoms with Crippen LogP contribution in [0.1, 0.15) is 43.2 Å². The van der Waals surface area contributed by atoms with Gasteiger partial charge in [-0.25, -0.2) is 0 Å². The average Bonchev–Trinajstić information content (AvgIpc) is 2.49. The number of rotatable bonds is 4. The van der Waals surface area contributed by atoms with Crippen molar-refractivity contribution in [1.29, 1.82) is 0 Å². The van der Waals surface area contributed by atoms with Gasteiger partial charge in [-0.05, 0) is 25.8 Å². The molecule has 0 radical (unpaired) electrons. The van der Waals surface area contributed by atoms with E-state index in [1.165, 1.54) is 0 Å². The monoisotopic (exact) mass is 356 g/mol. The van der Waals surface area contributed by atoms with Gasteiger partial charge in [0.25, 0.3) is 0 Å². The second kappa shape index (κ2) is 6.26. The third-order valence-electron chi connectivity index (χ3n) is 4.46. The Bertz CT molecular complexity index is 548. The van der Waals surface area contributed by atoms with Gasteiger partial charge < -0.3 is 14.6 Å². The second-order valence-electron chi connectivity index (χ2n) is 5.55. The van der Waals surface area contributed by atoms with Gasteiger partial charge in [0.2, 0.25) is 0 Å². The van der Waals surface area contributed by atoms with Gasteiger partial charge in [-0.1, -0.05) is 35.2 Å². The van der Waals surface area contributed by atoms with E-state index in [1.54, 1.807) is 14.2 Å². The van der Waals surface area contributed by atoms with Gasteiger partial charge in [0.15, 0.2) is 11.5 Å². The van der Waals surface area contributed by atoms with Gasteiger partial charge in [-0.2, -0.15) is 0 Å². The maximum Gasteiger partial charge on any atom is 0.314 e. The molecule has 21 heavy (non-hydrogen) atoms. The minimum absolute atomic E-state index is 0.544. The topological polar surface area (TPSA) is 55.8 Å². The van der Waals surface area contributed by atoms with E-state index in [9.17, 15) is 9.90 Å². The summed E-state index contributed by atoms with van der Waals surface area (Å²) in [6.07, 6.45) is 4.20. The van der Waals surface area contributed by atoms with Crippen molar-refractivity contribution in [1.82, 2.24) is 0 Å². The Morgan fingerprint density at radius 3 is 2.24 bits per heavy atom. The molecule has 1 saturated carbocycles. The Hall–Kier alpha value is -1.23. The van der Waals surface area contributed by atoms with E-state index in [2.05, 4.69) is 15.9 Å². The molecule has 0 amide bonds. The molecule has 0 unspecified atom stereocenters. The van der Waals surface area contributed by atoms with E-state index in [0.29, 0.717) is 29.9 Å². The molecule has 1 N–H and O–H groups in total. The number of methoxy groups -OCH3 is 2. The molecule has 1 aliphatic carbocycles. The van der Waals surface area contributed by atoms with Crippen LogP contribution in [0, 0.1) is 6.92 Å². The van der Waals surface area contributed by atoms with Gasteiger partial charge in [-0.3, -0.25) is 4.79 Å². The minimum Gasteiger partial charge on any atom is -0.493 e. The van der Waals surface area contributed by atoms with Crippen molar-refractivity contribution in [2.45, 2.75) is 44.4 Å². The van der Waals surface area contributed by atoms with Crippen molar-refractivity contribution in [3.8, 4) is 11.5 Å². The lowest BCUT2D eigenvalue weighted by molar-refractivity contribution is -0.145. The zero-order chi connectivity index (χ0) is 15.6. The third-order valence-corrected chi connectivity index (χ3v) is 5.28. The largest absolute Gasteiger partial charge is 0.493 e. The number of ether oxygens (including phenoxy) is 2. The summed E-state index contributed by atoms with van der Waals surface area (Å²) in [4.78, 5) is 12.0. The predicted molar refractivity (Wildman–Crippen MR) is 84.4 cm³/mol. The number of carboxylic acids is 1. The first kappa shape index (κ1) is 16.1. The fourth-order valence-corrected chi connectivity index (χ4v) is 3.67. The van der Waals surface area contributed by atoms with Crippen LogP contribution in [0.25, 0.3) is 0 Å². The lowest BCUT2D eigenvalue weighted by Gasteiger charge is -2.35. The molecule has 5 heteroatoms. The SMILES string of the molecule is COc1c(C2(C(=O)O)CCCCC2)cc(Br)c(C)c1OC. The summed E-state index contributed by atoms with van der Waals surface area (Å²) in [6.45, 7) is 1.92. The van der Waals surface area contributed by atoms with E-state index < -0.39 is 11.4 Å². The smallest absolute Gasteiger partial charge is 0.314 e. The lowest BCUT2D eigenvalue weighted by atomic mass is 9.69. The highest BCUT2D eigenvalue weighted by atomic mass is 79.9. The number of hydrogen-bond donors (Lipinski definition) is 1. The Labute approximate surface area is 133 Å². The van der Waals surface area contributed by atoms with E-state index in [0.717, 1.165) is 29.3 Å². The average molecular weight is 357 g/mol. The highest BCUT2D eigenvalue weighted by molar-refractivity contribution is 9.10. The standard InChI is InChI=1S/C16H21BrO4/c1-10-12(17)9-11(14(21-3)13(10)20-2)16(15(18)19)7-5-4-6-8-16/h9H,4-8H2,1-3H3,(H,18,19). The predicted octanol–water partition coefficient (Wildman–Crippen LogP) is 4.06. The molecular formula is C16H21BrO4. The number of carboxylic acid groups (broad SMARTS) is 1. The van der Waals surface area contributed by atoms with Gasteiger partial charge in [0.05, 0.1) is 19.6 Å². The molecule has 1 aromatic rings. The zero-order valence-corrected chi connectivity index (χ0v) is 14.2. The Morgan fingerprint density at radius 1 is 1.19 bits per heavy atom. The molecule has 1 aromatic carbocycles. The summed E-state index contributed by atoms with van der Waals surface area (Å²) in [5.41, 5.74) is 0.744. The first-order valence-electron chi connectivity index (χ1n) is 7.13. The Morgan fingerprint density at radius 2 is 1.76 bits per heavy atom. The van der Waals surface area contributed by atoms with Gasteiger partial charge in [0.1, 0.15) is 0 Å². The molecule has 0 aromatic heterocycles. The van der Waals surface area contributed by atoms with E-state index in [-0.39, 0.29) is 0 Å². The fraction of sp³-hybridized carbons (Fsp3) is 0.562. The molecule has 116 valence electrons. The van der Waals surface area contributed by atoms with Crippen LogP contribution in [0.2, 0.25) is 0 Å². The van der Waals surface area contributed by atoms with Crippen LogP contribution in [-0.4, -0.2) is 25.3 Å². The number of carbonyl (C=O) groups is 1. The number of hydrogen-bond acceptors (Lipinski definition) is 3. The van der Waals surface area contributed by atoms with Crippen LogP contribution >= 0.6 is 15.9 Å². The minimum atomic E-state index is -0.882. The van der Waals surface area contributed by atoms with Gasteiger partial charge in [-0.15, -0.1) is 0 Å². The van der Waals surface area contributed by atoms with Crippen LogP contribution in [0.3, 0.4) is 0 Å². The quantitative estimate of drug-likeness (QED) is 0.883. The molecule has 4 nitrogen and oxygen atoms in total. The summed E-state index contributed by atoms with van der Waals surface area (Å²) >= 11 is 3.51. The number of benzene rings is 1. The number of halogens is 1. The fourth-order valence-electron chi connectivity index (χ4n) is 3.26. The molecule has 0 aliphatic heterocycles. The molecule has 1 aliphatic rings.